The van der Waals surface area contributed by atoms with Crippen LogP contribution in [0.15, 0.2) is 16.5 Å². The number of amides is 1. The van der Waals surface area contributed by atoms with Crippen LogP contribution in [0.2, 0.25) is 0 Å². The summed E-state index contributed by atoms with van der Waals surface area (Å²) in [6.45, 7) is 5.23. The number of aliphatic hydroxyl groups is 1. The standard InChI is InChI=1S/C14H19N3O3S/c1-8-5-6-10(20-8)14(3,19)7-16-12(18)11-9(2)17-21-13(11)15-4/h5-6,15,19H,7H2,1-4H3,(H,16,18). The average Bonchev–Trinajstić information content (AvgIpc) is 3.02. The van der Waals surface area contributed by atoms with Crippen LogP contribution < -0.4 is 10.6 Å². The zero-order valence-electron chi connectivity index (χ0n) is 12.5. The van der Waals surface area contributed by atoms with Gasteiger partial charge in [-0.25, -0.2) is 0 Å². The van der Waals surface area contributed by atoms with Crippen molar-refractivity contribution < 1.29 is 14.3 Å². The molecule has 0 aliphatic rings. The number of carbonyl (C=O) groups excluding carboxylic acids is 1. The Bertz CT molecular complexity index is 646. The van der Waals surface area contributed by atoms with E-state index in [1.165, 1.54) is 11.5 Å². The summed E-state index contributed by atoms with van der Waals surface area (Å²) in [6.07, 6.45) is 0. The van der Waals surface area contributed by atoms with Crippen LogP contribution >= 0.6 is 11.5 Å². The maximum absolute atomic E-state index is 12.3. The van der Waals surface area contributed by atoms with Gasteiger partial charge in [-0.1, -0.05) is 0 Å². The maximum atomic E-state index is 12.3. The van der Waals surface area contributed by atoms with Gasteiger partial charge in [-0.05, 0) is 44.4 Å². The molecule has 6 nitrogen and oxygen atoms in total. The molecule has 7 heteroatoms. The Labute approximate surface area is 127 Å². The number of carbonyl (C=O) groups is 1. The molecule has 3 N–H and O–H groups in total. The van der Waals surface area contributed by atoms with Gasteiger partial charge in [-0.2, -0.15) is 4.37 Å². The molecule has 2 heterocycles. The van der Waals surface area contributed by atoms with Gasteiger partial charge in [0.15, 0.2) is 0 Å². The number of hydrogen-bond donors (Lipinski definition) is 3. The predicted octanol–water partition coefficient (Wildman–Crippen LogP) is 2.03. The van der Waals surface area contributed by atoms with Crippen molar-refractivity contribution in [2.75, 3.05) is 18.9 Å². The molecular weight excluding hydrogens is 290 g/mol. The fraction of sp³-hybridized carbons (Fsp3) is 0.429. The van der Waals surface area contributed by atoms with E-state index in [-0.39, 0.29) is 12.5 Å². The van der Waals surface area contributed by atoms with Gasteiger partial charge in [-0.3, -0.25) is 4.79 Å². The molecule has 1 amide bonds. The first-order valence-corrected chi connectivity index (χ1v) is 7.34. The first kappa shape index (κ1) is 15.5. The van der Waals surface area contributed by atoms with Gasteiger partial charge in [0.05, 0.1) is 17.8 Å². The van der Waals surface area contributed by atoms with Crippen LogP contribution in [-0.2, 0) is 5.60 Å². The highest BCUT2D eigenvalue weighted by molar-refractivity contribution is 7.10. The second kappa shape index (κ2) is 5.87. The molecule has 0 aliphatic carbocycles. The van der Waals surface area contributed by atoms with Crippen molar-refractivity contribution in [3.8, 4) is 0 Å². The van der Waals surface area contributed by atoms with Crippen LogP contribution in [0, 0.1) is 13.8 Å². The number of aryl methyl sites for hydroxylation is 2. The van der Waals surface area contributed by atoms with Crippen molar-refractivity contribution in [2.45, 2.75) is 26.4 Å². The highest BCUT2D eigenvalue weighted by atomic mass is 32.1. The van der Waals surface area contributed by atoms with Crippen LogP contribution in [0.1, 0.15) is 34.5 Å². The third kappa shape index (κ3) is 3.25. The molecule has 0 fully saturated rings. The predicted molar refractivity (Wildman–Crippen MR) is 81.7 cm³/mol. The molecule has 0 bridgehead atoms. The first-order valence-electron chi connectivity index (χ1n) is 6.56. The van der Waals surface area contributed by atoms with Crippen LogP contribution in [-0.4, -0.2) is 29.0 Å². The van der Waals surface area contributed by atoms with Crippen LogP contribution in [0.4, 0.5) is 5.00 Å². The Morgan fingerprint density at radius 2 is 2.19 bits per heavy atom. The van der Waals surface area contributed by atoms with Crippen LogP contribution in [0.5, 0.6) is 0 Å². The average molecular weight is 309 g/mol. The highest BCUT2D eigenvalue weighted by Gasteiger charge is 2.28. The fourth-order valence-electron chi connectivity index (χ4n) is 1.96. The van der Waals surface area contributed by atoms with Crippen LogP contribution in [0.3, 0.4) is 0 Å². The van der Waals surface area contributed by atoms with Gasteiger partial charge in [0, 0.05) is 7.05 Å². The minimum atomic E-state index is -1.26. The first-order chi connectivity index (χ1) is 9.85. The number of nitrogens with one attached hydrogen (secondary N) is 2. The lowest BCUT2D eigenvalue weighted by Crippen LogP contribution is -2.38. The summed E-state index contributed by atoms with van der Waals surface area (Å²) in [5.74, 6) is 0.871. The summed E-state index contributed by atoms with van der Waals surface area (Å²) < 4.78 is 9.57. The molecule has 2 aromatic rings. The van der Waals surface area contributed by atoms with E-state index < -0.39 is 5.60 Å². The molecule has 0 spiro atoms. The third-order valence-electron chi connectivity index (χ3n) is 3.18. The number of aromatic nitrogens is 1. The van der Waals surface area contributed by atoms with Crippen molar-refractivity contribution in [3.63, 3.8) is 0 Å². The van der Waals surface area contributed by atoms with Crippen molar-refractivity contribution in [1.29, 1.82) is 0 Å². The molecule has 0 saturated carbocycles. The molecular formula is C14H19N3O3S. The third-order valence-corrected chi connectivity index (χ3v) is 4.14. The molecule has 2 aromatic heterocycles. The molecule has 0 aliphatic heterocycles. The quantitative estimate of drug-likeness (QED) is 0.786. The SMILES string of the molecule is CNc1snc(C)c1C(=O)NCC(C)(O)c1ccc(C)o1. The zero-order valence-corrected chi connectivity index (χ0v) is 13.3. The summed E-state index contributed by atoms with van der Waals surface area (Å²) in [6, 6.07) is 3.48. The Morgan fingerprint density at radius 1 is 1.48 bits per heavy atom. The lowest BCUT2D eigenvalue weighted by molar-refractivity contribution is 0.0323. The minimum absolute atomic E-state index is 0.0528. The topological polar surface area (TPSA) is 87.4 Å². The van der Waals surface area contributed by atoms with E-state index >= 15 is 0 Å². The van der Waals surface area contributed by atoms with Crippen LogP contribution in [0.25, 0.3) is 0 Å². The van der Waals surface area contributed by atoms with Crippen molar-refractivity contribution in [2.24, 2.45) is 0 Å². The van der Waals surface area contributed by atoms with Crippen molar-refractivity contribution in [3.05, 3.63) is 34.9 Å². The molecule has 1 unspecified atom stereocenters. The number of nitrogens with zero attached hydrogens (tertiary/aromatic N) is 1. The molecule has 0 saturated heterocycles. The summed E-state index contributed by atoms with van der Waals surface area (Å²) in [5, 5.41) is 16.8. The molecule has 0 radical (unpaired) electrons. The van der Waals surface area contributed by atoms with E-state index in [0.717, 1.165) is 0 Å². The Balaban J connectivity index is 2.08. The zero-order chi connectivity index (χ0) is 15.6. The van der Waals surface area contributed by atoms with E-state index in [0.29, 0.717) is 27.8 Å². The summed E-state index contributed by atoms with van der Waals surface area (Å²) in [7, 11) is 1.74. The van der Waals surface area contributed by atoms with E-state index in [9.17, 15) is 9.90 Å². The lowest BCUT2D eigenvalue weighted by atomic mass is 10.0. The van der Waals surface area contributed by atoms with Crippen molar-refractivity contribution in [1.82, 2.24) is 9.69 Å². The van der Waals surface area contributed by atoms with Gasteiger partial charge in [-0.15, -0.1) is 0 Å². The molecule has 21 heavy (non-hydrogen) atoms. The number of anilines is 1. The number of furan rings is 1. The Hall–Kier alpha value is -1.86. The highest BCUT2D eigenvalue weighted by Crippen LogP contribution is 2.25. The van der Waals surface area contributed by atoms with Gasteiger partial charge in [0.1, 0.15) is 22.1 Å². The molecule has 2 rings (SSSR count). The summed E-state index contributed by atoms with van der Waals surface area (Å²) in [5.41, 5.74) is -0.0922. The molecule has 1 atom stereocenters. The van der Waals surface area contributed by atoms with E-state index in [1.54, 1.807) is 40.0 Å². The lowest BCUT2D eigenvalue weighted by Gasteiger charge is -2.21. The summed E-state index contributed by atoms with van der Waals surface area (Å²) in [4.78, 5) is 12.3. The van der Waals surface area contributed by atoms with Gasteiger partial charge in [0.25, 0.3) is 5.91 Å². The van der Waals surface area contributed by atoms with Gasteiger partial charge in [0.2, 0.25) is 0 Å². The smallest absolute Gasteiger partial charge is 0.256 e. The van der Waals surface area contributed by atoms with Crippen molar-refractivity contribution >= 4 is 22.4 Å². The Morgan fingerprint density at radius 3 is 2.76 bits per heavy atom. The van der Waals surface area contributed by atoms with E-state index in [4.69, 9.17) is 4.42 Å². The minimum Gasteiger partial charge on any atom is -0.463 e. The Kier molecular flexibility index (Phi) is 4.34. The number of rotatable bonds is 5. The second-order valence-corrected chi connectivity index (χ2v) is 5.86. The normalized spacial score (nSPS) is 13.8. The number of hydrogen-bond acceptors (Lipinski definition) is 6. The summed E-state index contributed by atoms with van der Waals surface area (Å²) >= 11 is 1.23. The molecule has 0 aromatic carbocycles. The van der Waals surface area contributed by atoms with Gasteiger partial charge >= 0.3 is 0 Å². The van der Waals surface area contributed by atoms with Gasteiger partial charge < -0.3 is 20.2 Å². The largest absolute Gasteiger partial charge is 0.463 e. The second-order valence-electron chi connectivity index (χ2n) is 5.09. The van der Waals surface area contributed by atoms with E-state index in [1.807, 2.05) is 0 Å². The van der Waals surface area contributed by atoms with E-state index in [2.05, 4.69) is 15.0 Å². The fourth-order valence-corrected chi connectivity index (χ4v) is 2.70. The monoisotopic (exact) mass is 309 g/mol. The maximum Gasteiger partial charge on any atom is 0.256 e. The molecule has 114 valence electrons.